The van der Waals surface area contributed by atoms with Crippen molar-refractivity contribution in [1.82, 2.24) is 10.3 Å². The molecule has 0 aliphatic rings. The smallest absolute Gasteiger partial charge is 0.0461 e. The lowest BCUT2D eigenvalue weighted by Gasteiger charge is -2.00. The van der Waals surface area contributed by atoms with Crippen molar-refractivity contribution in [2.75, 3.05) is 13.6 Å². The summed E-state index contributed by atoms with van der Waals surface area (Å²) in [7, 11) is 1.99. The van der Waals surface area contributed by atoms with Crippen molar-refractivity contribution in [3.63, 3.8) is 0 Å². The monoisotopic (exact) mass is 202 g/mol. The first-order valence-electron chi connectivity index (χ1n) is 5.45. The molecule has 0 radical (unpaired) electrons. The summed E-state index contributed by atoms with van der Waals surface area (Å²) in [6.07, 6.45) is 1.09. The van der Waals surface area contributed by atoms with Gasteiger partial charge >= 0.3 is 0 Å². The summed E-state index contributed by atoms with van der Waals surface area (Å²) in [5.74, 6) is 0. The highest BCUT2D eigenvalue weighted by Gasteiger charge is 2.07. The molecule has 0 atom stereocenters. The molecule has 2 N–H and O–H groups in total. The Hall–Kier alpha value is -1.28. The number of nitrogens with one attached hydrogen (secondary N) is 2. The van der Waals surface area contributed by atoms with Gasteiger partial charge in [0.25, 0.3) is 0 Å². The molecule has 0 fully saturated rings. The average molecular weight is 202 g/mol. The van der Waals surface area contributed by atoms with Crippen molar-refractivity contribution in [2.24, 2.45) is 0 Å². The van der Waals surface area contributed by atoms with E-state index in [0.29, 0.717) is 0 Å². The summed E-state index contributed by atoms with van der Waals surface area (Å²) in [5, 5.41) is 4.56. The number of H-pyrrole nitrogens is 1. The third-order valence-electron chi connectivity index (χ3n) is 2.90. The van der Waals surface area contributed by atoms with Crippen molar-refractivity contribution >= 4 is 10.9 Å². The highest BCUT2D eigenvalue weighted by Crippen LogP contribution is 2.23. The Morgan fingerprint density at radius 3 is 2.80 bits per heavy atom. The molecule has 0 aliphatic heterocycles. The summed E-state index contributed by atoms with van der Waals surface area (Å²) in [6.45, 7) is 5.31. The van der Waals surface area contributed by atoms with Gasteiger partial charge in [0.2, 0.25) is 0 Å². The summed E-state index contributed by atoms with van der Waals surface area (Å²) in [6, 6.07) is 6.61. The van der Waals surface area contributed by atoms with Crippen molar-refractivity contribution < 1.29 is 0 Å². The predicted octanol–water partition coefficient (Wildman–Crippen LogP) is 2.55. The predicted molar refractivity (Wildman–Crippen MR) is 65.4 cm³/mol. The Balaban J connectivity index is 2.48. The number of hydrogen-bond acceptors (Lipinski definition) is 1. The largest absolute Gasteiger partial charge is 0.358 e. The van der Waals surface area contributed by atoms with Crippen LogP contribution in [0.4, 0.5) is 0 Å². The van der Waals surface area contributed by atoms with Crippen molar-refractivity contribution in [3.8, 4) is 0 Å². The van der Waals surface area contributed by atoms with Gasteiger partial charge in [0.05, 0.1) is 0 Å². The van der Waals surface area contributed by atoms with E-state index in [1.54, 1.807) is 0 Å². The van der Waals surface area contributed by atoms with Crippen LogP contribution in [0.25, 0.3) is 10.9 Å². The van der Waals surface area contributed by atoms with E-state index in [9.17, 15) is 0 Å². The fourth-order valence-electron chi connectivity index (χ4n) is 2.08. The van der Waals surface area contributed by atoms with Crippen molar-refractivity contribution in [2.45, 2.75) is 20.3 Å². The molecule has 2 nitrogen and oxygen atoms in total. The molecule has 1 aromatic heterocycles. The Morgan fingerprint density at radius 2 is 2.07 bits per heavy atom. The van der Waals surface area contributed by atoms with Crippen molar-refractivity contribution in [3.05, 3.63) is 35.0 Å². The van der Waals surface area contributed by atoms with Gasteiger partial charge in [-0.15, -0.1) is 0 Å². The lowest BCUT2D eigenvalue weighted by molar-refractivity contribution is 0.791. The number of fused-ring (bicyclic) bond motifs is 1. The second-order valence-corrected chi connectivity index (χ2v) is 4.13. The minimum absolute atomic E-state index is 1.03. The molecule has 15 heavy (non-hydrogen) atoms. The fraction of sp³-hybridized carbons (Fsp3) is 0.385. The Bertz CT molecular complexity index is 469. The summed E-state index contributed by atoms with van der Waals surface area (Å²) < 4.78 is 0. The van der Waals surface area contributed by atoms with Gasteiger partial charge in [-0.25, -0.2) is 0 Å². The van der Waals surface area contributed by atoms with E-state index >= 15 is 0 Å². The molecule has 2 heteroatoms. The topological polar surface area (TPSA) is 27.8 Å². The quantitative estimate of drug-likeness (QED) is 0.786. The van der Waals surface area contributed by atoms with Crippen LogP contribution in [-0.2, 0) is 6.42 Å². The van der Waals surface area contributed by atoms with Crippen LogP contribution in [-0.4, -0.2) is 18.6 Å². The van der Waals surface area contributed by atoms with Crippen LogP contribution in [0.3, 0.4) is 0 Å². The Morgan fingerprint density at radius 1 is 1.27 bits per heavy atom. The van der Waals surface area contributed by atoms with Gasteiger partial charge in [-0.05, 0) is 51.1 Å². The van der Waals surface area contributed by atoms with E-state index < -0.39 is 0 Å². The van der Waals surface area contributed by atoms with E-state index in [0.717, 1.165) is 13.0 Å². The third kappa shape index (κ3) is 1.90. The molecule has 0 bridgehead atoms. The van der Waals surface area contributed by atoms with Crippen molar-refractivity contribution in [1.29, 1.82) is 0 Å². The maximum atomic E-state index is 3.45. The first kappa shape index (κ1) is 10.2. The van der Waals surface area contributed by atoms with E-state index in [-0.39, 0.29) is 0 Å². The molecule has 0 saturated heterocycles. The fourth-order valence-corrected chi connectivity index (χ4v) is 2.08. The van der Waals surface area contributed by atoms with Gasteiger partial charge in [0.15, 0.2) is 0 Å². The van der Waals surface area contributed by atoms with Crippen LogP contribution in [0.5, 0.6) is 0 Å². The number of aromatic amines is 1. The number of aryl methyl sites for hydroxylation is 2. The molecule has 0 amide bonds. The first-order chi connectivity index (χ1) is 7.22. The van der Waals surface area contributed by atoms with Gasteiger partial charge in [-0.2, -0.15) is 0 Å². The number of likely N-dealkylation sites (N-methyl/N-ethyl adjacent to an activating group) is 1. The van der Waals surface area contributed by atoms with E-state index in [2.05, 4.69) is 42.3 Å². The molecule has 1 heterocycles. The van der Waals surface area contributed by atoms with Crippen LogP contribution >= 0.6 is 0 Å². The minimum atomic E-state index is 1.03. The highest BCUT2D eigenvalue weighted by atomic mass is 14.8. The molecule has 1 aromatic carbocycles. The van der Waals surface area contributed by atoms with E-state index in [1.807, 2.05) is 7.05 Å². The molecular formula is C13H18N2. The summed E-state index contributed by atoms with van der Waals surface area (Å²) in [5.41, 5.74) is 5.31. The van der Waals surface area contributed by atoms with Crippen LogP contribution in [0.15, 0.2) is 18.2 Å². The molecule has 0 unspecified atom stereocenters. The summed E-state index contributed by atoms with van der Waals surface area (Å²) in [4.78, 5) is 3.45. The van der Waals surface area contributed by atoms with Crippen LogP contribution in [0, 0.1) is 13.8 Å². The molecular weight excluding hydrogens is 184 g/mol. The Labute approximate surface area is 90.7 Å². The van der Waals surface area contributed by atoms with Crippen LogP contribution < -0.4 is 5.32 Å². The minimum Gasteiger partial charge on any atom is -0.358 e. The first-order valence-corrected chi connectivity index (χ1v) is 5.45. The zero-order valence-electron chi connectivity index (χ0n) is 9.65. The third-order valence-corrected chi connectivity index (χ3v) is 2.90. The van der Waals surface area contributed by atoms with Gasteiger partial charge in [0, 0.05) is 16.6 Å². The maximum Gasteiger partial charge on any atom is 0.0461 e. The lowest BCUT2D eigenvalue weighted by atomic mass is 10.1. The molecule has 80 valence electrons. The number of benzene rings is 1. The molecule has 0 saturated carbocycles. The van der Waals surface area contributed by atoms with Gasteiger partial charge < -0.3 is 10.3 Å². The zero-order chi connectivity index (χ0) is 10.8. The summed E-state index contributed by atoms with van der Waals surface area (Å²) >= 11 is 0. The SMILES string of the molecule is CNCCc1c(C)[nH]c2cc(C)ccc12. The molecule has 2 aromatic rings. The maximum absolute atomic E-state index is 3.45. The van der Waals surface area contributed by atoms with Gasteiger partial charge in [-0.1, -0.05) is 12.1 Å². The second kappa shape index (κ2) is 4.07. The Kier molecular flexibility index (Phi) is 2.78. The standard InChI is InChI=1S/C13H18N2/c1-9-4-5-12-11(6-7-14-3)10(2)15-13(12)8-9/h4-5,8,14-15H,6-7H2,1-3H3. The molecule has 0 aliphatic carbocycles. The number of rotatable bonds is 3. The van der Waals surface area contributed by atoms with E-state index in [1.165, 1.54) is 27.7 Å². The average Bonchev–Trinajstić information content (AvgIpc) is 2.50. The normalized spacial score (nSPS) is 11.1. The molecule has 2 rings (SSSR count). The molecule has 0 spiro atoms. The van der Waals surface area contributed by atoms with Crippen LogP contribution in [0.1, 0.15) is 16.8 Å². The van der Waals surface area contributed by atoms with Gasteiger partial charge in [-0.3, -0.25) is 0 Å². The zero-order valence-corrected chi connectivity index (χ0v) is 9.65. The van der Waals surface area contributed by atoms with E-state index in [4.69, 9.17) is 0 Å². The number of hydrogen-bond donors (Lipinski definition) is 2. The second-order valence-electron chi connectivity index (χ2n) is 4.13. The number of aromatic nitrogens is 1. The lowest BCUT2D eigenvalue weighted by Crippen LogP contribution is -2.10. The van der Waals surface area contributed by atoms with Gasteiger partial charge in [0.1, 0.15) is 0 Å². The highest BCUT2D eigenvalue weighted by molar-refractivity contribution is 5.85. The van der Waals surface area contributed by atoms with Crippen LogP contribution in [0.2, 0.25) is 0 Å².